The number of hydrogen-bond acceptors (Lipinski definition) is 6. The predicted octanol–water partition coefficient (Wildman–Crippen LogP) is 6.51. The topological polar surface area (TPSA) is 56.5 Å². The third kappa shape index (κ3) is 4.43. The predicted molar refractivity (Wildman–Crippen MR) is 127 cm³/mol. The number of thioether (sulfide) groups is 1. The highest BCUT2D eigenvalue weighted by Gasteiger charge is 2.28. The molecular weight excluding hydrogens is 422 g/mol. The van der Waals surface area contributed by atoms with Gasteiger partial charge in [-0.2, -0.15) is 0 Å². The Kier molecular flexibility index (Phi) is 6.13. The van der Waals surface area contributed by atoms with Crippen LogP contribution in [0, 0.1) is 5.92 Å². The molecule has 0 N–H and O–H groups in total. The van der Waals surface area contributed by atoms with E-state index in [9.17, 15) is 0 Å². The highest BCUT2D eigenvalue weighted by Crippen LogP contribution is 2.39. The lowest BCUT2D eigenvalue weighted by Gasteiger charge is -2.31. The van der Waals surface area contributed by atoms with Crippen LogP contribution in [-0.4, -0.2) is 24.7 Å². The number of pyridine rings is 1. The van der Waals surface area contributed by atoms with Crippen LogP contribution < -0.4 is 0 Å². The van der Waals surface area contributed by atoms with E-state index in [0.29, 0.717) is 12.0 Å². The maximum atomic E-state index is 4.63. The lowest BCUT2D eigenvalue weighted by molar-refractivity contribution is 0.247. The zero-order valence-corrected chi connectivity index (χ0v) is 19.1. The SMILES string of the molecule is C[C@H]1CCCC[C@H]1n1c(SCc2cnc(-c3ccccc3)s2)nnc1-c1cccnc1. The first-order valence-corrected chi connectivity index (χ1v) is 12.6. The van der Waals surface area contributed by atoms with Crippen LogP contribution in [0.25, 0.3) is 22.0 Å². The van der Waals surface area contributed by atoms with Gasteiger partial charge in [0.15, 0.2) is 11.0 Å². The quantitative estimate of drug-likeness (QED) is 0.315. The summed E-state index contributed by atoms with van der Waals surface area (Å²) in [5, 5.41) is 11.3. The average Bonchev–Trinajstić information content (AvgIpc) is 3.46. The van der Waals surface area contributed by atoms with Crippen LogP contribution in [0.2, 0.25) is 0 Å². The summed E-state index contributed by atoms with van der Waals surface area (Å²) < 4.78 is 2.38. The molecule has 3 heterocycles. The first-order valence-electron chi connectivity index (χ1n) is 10.8. The summed E-state index contributed by atoms with van der Waals surface area (Å²) in [6, 6.07) is 14.8. The van der Waals surface area contributed by atoms with E-state index in [1.54, 1.807) is 29.3 Å². The molecule has 1 aromatic carbocycles. The summed E-state index contributed by atoms with van der Waals surface area (Å²) >= 11 is 3.51. The van der Waals surface area contributed by atoms with Gasteiger partial charge in [0.1, 0.15) is 5.01 Å². The Hall–Kier alpha value is -2.51. The van der Waals surface area contributed by atoms with Crippen molar-refractivity contribution in [3.05, 3.63) is 65.9 Å². The van der Waals surface area contributed by atoms with Crippen molar-refractivity contribution in [2.24, 2.45) is 5.92 Å². The Bertz CT molecular complexity index is 1120. The lowest BCUT2D eigenvalue weighted by Crippen LogP contribution is -2.22. The van der Waals surface area contributed by atoms with Crippen LogP contribution in [0.4, 0.5) is 0 Å². The van der Waals surface area contributed by atoms with Crippen LogP contribution in [-0.2, 0) is 5.75 Å². The van der Waals surface area contributed by atoms with Crippen molar-refractivity contribution in [2.45, 2.75) is 49.6 Å². The average molecular weight is 448 g/mol. The fraction of sp³-hybridized carbons (Fsp3) is 0.333. The maximum absolute atomic E-state index is 4.63. The van der Waals surface area contributed by atoms with Crippen molar-refractivity contribution < 1.29 is 0 Å². The third-order valence-electron chi connectivity index (χ3n) is 5.90. The summed E-state index contributed by atoms with van der Waals surface area (Å²) in [5.74, 6) is 2.40. The molecule has 31 heavy (non-hydrogen) atoms. The molecule has 1 fully saturated rings. The minimum atomic E-state index is 0.433. The molecule has 3 aromatic heterocycles. The molecule has 158 valence electrons. The van der Waals surface area contributed by atoms with Crippen molar-refractivity contribution in [2.75, 3.05) is 0 Å². The van der Waals surface area contributed by atoms with Gasteiger partial charge < -0.3 is 0 Å². The van der Waals surface area contributed by atoms with Gasteiger partial charge in [0.25, 0.3) is 0 Å². The molecule has 0 aliphatic heterocycles. The summed E-state index contributed by atoms with van der Waals surface area (Å²) in [6.45, 7) is 2.36. The molecule has 5 rings (SSSR count). The van der Waals surface area contributed by atoms with Crippen molar-refractivity contribution in [1.29, 1.82) is 0 Å². The summed E-state index contributed by atoms with van der Waals surface area (Å²) in [5.41, 5.74) is 2.20. The molecule has 0 unspecified atom stereocenters. The van der Waals surface area contributed by atoms with Gasteiger partial charge in [-0.1, -0.05) is 61.9 Å². The van der Waals surface area contributed by atoms with Gasteiger partial charge in [0.2, 0.25) is 0 Å². The highest BCUT2D eigenvalue weighted by atomic mass is 32.2. The number of rotatable bonds is 6. The van der Waals surface area contributed by atoms with Crippen LogP contribution >= 0.6 is 23.1 Å². The monoisotopic (exact) mass is 447 g/mol. The van der Waals surface area contributed by atoms with Crippen LogP contribution in [0.1, 0.15) is 43.5 Å². The van der Waals surface area contributed by atoms with Gasteiger partial charge in [-0.15, -0.1) is 21.5 Å². The van der Waals surface area contributed by atoms with Gasteiger partial charge in [0, 0.05) is 46.4 Å². The lowest BCUT2D eigenvalue weighted by atomic mass is 9.85. The number of benzene rings is 1. The van der Waals surface area contributed by atoms with Gasteiger partial charge >= 0.3 is 0 Å². The molecule has 7 heteroatoms. The number of nitrogens with zero attached hydrogens (tertiary/aromatic N) is 5. The second-order valence-electron chi connectivity index (χ2n) is 8.03. The van der Waals surface area contributed by atoms with Gasteiger partial charge in [0.05, 0.1) is 0 Å². The minimum absolute atomic E-state index is 0.433. The molecule has 0 spiro atoms. The first kappa shape index (κ1) is 20.4. The molecule has 4 aromatic rings. The molecule has 0 bridgehead atoms. The molecule has 5 nitrogen and oxygen atoms in total. The van der Waals surface area contributed by atoms with E-state index < -0.39 is 0 Å². The van der Waals surface area contributed by atoms with E-state index in [0.717, 1.165) is 27.3 Å². The van der Waals surface area contributed by atoms with E-state index in [2.05, 4.69) is 62.0 Å². The normalized spacial score (nSPS) is 18.9. The van der Waals surface area contributed by atoms with Crippen molar-refractivity contribution in [3.63, 3.8) is 0 Å². The second-order valence-corrected chi connectivity index (χ2v) is 10.1. The van der Waals surface area contributed by atoms with Crippen LogP contribution in [0.15, 0.2) is 66.2 Å². The van der Waals surface area contributed by atoms with Crippen LogP contribution in [0.5, 0.6) is 0 Å². The van der Waals surface area contributed by atoms with Crippen molar-refractivity contribution in [3.8, 4) is 22.0 Å². The van der Waals surface area contributed by atoms with Gasteiger partial charge in [-0.3, -0.25) is 9.55 Å². The van der Waals surface area contributed by atoms with Crippen molar-refractivity contribution in [1.82, 2.24) is 24.7 Å². The summed E-state index contributed by atoms with van der Waals surface area (Å²) in [6.07, 6.45) is 10.7. The van der Waals surface area contributed by atoms with E-state index >= 15 is 0 Å². The molecule has 0 saturated heterocycles. The zero-order valence-electron chi connectivity index (χ0n) is 17.5. The first-order chi connectivity index (χ1) is 15.3. The Morgan fingerprint density at radius 2 is 1.84 bits per heavy atom. The van der Waals surface area contributed by atoms with E-state index in [4.69, 9.17) is 0 Å². The standard InChI is InChI=1S/C24H25N5S2/c1-17-8-5-6-12-21(17)29-22(19-11-7-13-25-14-19)27-28-24(29)30-16-20-15-26-23(31-20)18-9-3-2-4-10-18/h2-4,7,9-11,13-15,17,21H,5-6,8,12,16H2,1H3/t17-,21+/m0/s1. The highest BCUT2D eigenvalue weighted by molar-refractivity contribution is 7.98. The van der Waals surface area contributed by atoms with E-state index in [1.807, 2.05) is 24.5 Å². The Labute approximate surface area is 191 Å². The molecule has 1 aliphatic rings. The molecule has 0 radical (unpaired) electrons. The van der Waals surface area contributed by atoms with Crippen LogP contribution in [0.3, 0.4) is 0 Å². The Morgan fingerprint density at radius 1 is 1.00 bits per heavy atom. The van der Waals surface area contributed by atoms with E-state index in [1.165, 1.54) is 36.1 Å². The van der Waals surface area contributed by atoms with Gasteiger partial charge in [-0.25, -0.2) is 4.98 Å². The summed E-state index contributed by atoms with van der Waals surface area (Å²) in [4.78, 5) is 10.2. The molecule has 2 atom stereocenters. The molecule has 1 saturated carbocycles. The molecular formula is C24H25N5S2. The smallest absolute Gasteiger partial charge is 0.192 e. The Balaban J connectivity index is 1.41. The maximum Gasteiger partial charge on any atom is 0.192 e. The number of hydrogen-bond donors (Lipinski definition) is 0. The fourth-order valence-electron chi connectivity index (χ4n) is 4.27. The van der Waals surface area contributed by atoms with Crippen molar-refractivity contribution >= 4 is 23.1 Å². The molecule has 0 amide bonds. The second kappa shape index (κ2) is 9.32. The Morgan fingerprint density at radius 3 is 2.65 bits per heavy atom. The number of aromatic nitrogens is 5. The zero-order chi connectivity index (χ0) is 21.0. The fourth-order valence-corrected chi connectivity index (χ4v) is 6.20. The van der Waals surface area contributed by atoms with E-state index in [-0.39, 0.29) is 0 Å². The summed E-state index contributed by atoms with van der Waals surface area (Å²) in [7, 11) is 0. The molecule has 1 aliphatic carbocycles. The third-order valence-corrected chi connectivity index (χ3v) is 8.12. The largest absolute Gasteiger partial charge is 0.299 e. The van der Waals surface area contributed by atoms with Gasteiger partial charge in [-0.05, 0) is 30.9 Å². The minimum Gasteiger partial charge on any atom is -0.299 e. The number of thiazole rings is 1.